The van der Waals surface area contributed by atoms with Crippen LogP contribution in [-0.2, 0) is 21.1 Å². The van der Waals surface area contributed by atoms with Gasteiger partial charge in [0.15, 0.2) is 5.78 Å². The highest BCUT2D eigenvalue weighted by molar-refractivity contribution is 7.90. The van der Waals surface area contributed by atoms with E-state index in [0.717, 1.165) is 6.26 Å². The summed E-state index contributed by atoms with van der Waals surface area (Å²) in [5, 5.41) is 0. The Labute approximate surface area is 106 Å². The lowest BCUT2D eigenvalue weighted by molar-refractivity contribution is -0.119. The fourth-order valence-electron chi connectivity index (χ4n) is 1.42. The van der Waals surface area contributed by atoms with Crippen LogP contribution in [0.2, 0.25) is 0 Å². The molecule has 4 N–H and O–H groups in total. The molecule has 1 atom stereocenters. The Bertz CT molecular complexity index is 528. The van der Waals surface area contributed by atoms with Gasteiger partial charge < -0.3 is 11.5 Å². The number of nitrogen functional groups attached to an aromatic ring is 1. The second kappa shape index (κ2) is 5.92. The van der Waals surface area contributed by atoms with Crippen LogP contribution >= 0.6 is 0 Å². The molecule has 0 fully saturated rings. The van der Waals surface area contributed by atoms with Crippen molar-refractivity contribution in [2.45, 2.75) is 18.9 Å². The fraction of sp³-hybridized carbons (Fsp3) is 0.455. The van der Waals surface area contributed by atoms with Gasteiger partial charge in [-0.3, -0.25) is 4.79 Å². The van der Waals surface area contributed by atoms with E-state index in [2.05, 4.69) is 4.98 Å². The fourth-order valence-corrected chi connectivity index (χ4v) is 2.10. The molecule has 7 heteroatoms. The minimum atomic E-state index is -3.10. The molecule has 0 spiro atoms. The summed E-state index contributed by atoms with van der Waals surface area (Å²) in [6, 6.07) is 2.59. The lowest BCUT2D eigenvalue weighted by Crippen LogP contribution is -2.33. The number of anilines is 1. The molecular weight excluding hydrogens is 254 g/mol. The smallest absolute Gasteiger partial charge is 0.154 e. The van der Waals surface area contributed by atoms with Crippen LogP contribution in [0.3, 0.4) is 0 Å². The molecule has 6 nitrogen and oxygen atoms in total. The normalized spacial score (nSPS) is 13.2. The van der Waals surface area contributed by atoms with Crippen molar-refractivity contribution >= 4 is 21.4 Å². The number of pyridine rings is 1. The largest absolute Gasteiger partial charge is 0.383 e. The van der Waals surface area contributed by atoms with Crippen molar-refractivity contribution in [1.82, 2.24) is 4.98 Å². The molecule has 0 saturated carbocycles. The predicted octanol–water partition coefficient (Wildman–Crippen LogP) is -0.463. The number of aromatic nitrogens is 1. The topological polar surface area (TPSA) is 116 Å². The van der Waals surface area contributed by atoms with Crippen LogP contribution in [0.1, 0.15) is 12.0 Å². The first kappa shape index (κ1) is 14.6. The highest BCUT2D eigenvalue weighted by Crippen LogP contribution is 2.09. The highest BCUT2D eigenvalue weighted by atomic mass is 32.2. The predicted molar refractivity (Wildman–Crippen MR) is 69.7 cm³/mol. The van der Waals surface area contributed by atoms with E-state index in [0.29, 0.717) is 11.4 Å². The Kier molecular flexibility index (Phi) is 4.80. The number of hydrogen-bond acceptors (Lipinski definition) is 6. The molecule has 0 saturated heterocycles. The third kappa shape index (κ3) is 4.80. The van der Waals surface area contributed by atoms with Crippen molar-refractivity contribution in [3.8, 4) is 0 Å². The van der Waals surface area contributed by atoms with E-state index < -0.39 is 15.9 Å². The molecule has 100 valence electrons. The lowest BCUT2D eigenvalue weighted by atomic mass is 10.0. The van der Waals surface area contributed by atoms with Gasteiger partial charge in [-0.05, 0) is 12.5 Å². The van der Waals surface area contributed by atoms with Crippen LogP contribution in [0, 0.1) is 0 Å². The van der Waals surface area contributed by atoms with Gasteiger partial charge >= 0.3 is 0 Å². The van der Waals surface area contributed by atoms with Crippen molar-refractivity contribution in [3.05, 3.63) is 23.9 Å². The number of ketones is 1. The van der Waals surface area contributed by atoms with Crippen molar-refractivity contribution in [2.24, 2.45) is 5.73 Å². The number of carbonyl (C=O) groups is 1. The van der Waals surface area contributed by atoms with E-state index in [-0.39, 0.29) is 24.4 Å². The molecule has 1 heterocycles. The van der Waals surface area contributed by atoms with E-state index in [9.17, 15) is 13.2 Å². The zero-order valence-electron chi connectivity index (χ0n) is 10.2. The van der Waals surface area contributed by atoms with E-state index >= 15 is 0 Å². The summed E-state index contributed by atoms with van der Waals surface area (Å²) in [6.07, 6.45) is 2.85. The molecular formula is C11H17N3O3S. The molecule has 1 rings (SSSR count). The van der Waals surface area contributed by atoms with Gasteiger partial charge in [-0.2, -0.15) is 0 Å². The second-order valence-electron chi connectivity index (χ2n) is 4.22. The summed E-state index contributed by atoms with van der Waals surface area (Å²) in [5.41, 5.74) is 11.9. The van der Waals surface area contributed by atoms with Gasteiger partial charge in [0.25, 0.3) is 0 Å². The molecule has 0 aromatic carbocycles. The SMILES string of the molecule is CS(=O)(=O)CCC(N)C(=O)Cc1cccnc1N. The third-order valence-electron chi connectivity index (χ3n) is 2.50. The van der Waals surface area contributed by atoms with Crippen LogP contribution in [-0.4, -0.2) is 37.2 Å². The summed E-state index contributed by atoms with van der Waals surface area (Å²) < 4.78 is 21.9. The maximum Gasteiger partial charge on any atom is 0.154 e. The van der Waals surface area contributed by atoms with Gasteiger partial charge in [0.2, 0.25) is 0 Å². The number of hydrogen-bond donors (Lipinski definition) is 2. The number of nitrogens with zero attached hydrogens (tertiary/aromatic N) is 1. The van der Waals surface area contributed by atoms with Crippen molar-refractivity contribution < 1.29 is 13.2 Å². The second-order valence-corrected chi connectivity index (χ2v) is 6.48. The van der Waals surface area contributed by atoms with Gasteiger partial charge in [-0.1, -0.05) is 6.07 Å². The van der Waals surface area contributed by atoms with Crippen molar-refractivity contribution in [3.63, 3.8) is 0 Å². The maximum absolute atomic E-state index is 11.8. The highest BCUT2D eigenvalue weighted by Gasteiger charge is 2.17. The Morgan fingerprint density at radius 3 is 2.72 bits per heavy atom. The molecule has 1 unspecified atom stereocenters. The molecule has 18 heavy (non-hydrogen) atoms. The summed E-state index contributed by atoms with van der Waals surface area (Å²) in [4.78, 5) is 15.6. The Morgan fingerprint density at radius 2 is 2.17 bits per heavy atom. The minimum Gasteiger partial charge on any atom is -0.383 e. The van der Waals surface area contributed by atoms with E-state index in [1.54, 1.807) is 12.1 Å². The first-order chi connectivity index (χ1) is 8.29. The number of sulfone groups is 1. The van der Waals surface area contributed by atoms with Crippen LogP contribution in [0.15, 0.2) is 18.3 Å². The van der Waals surface area contributed by atoms with Gasteiger partial charge in [0, 0.05) is 24.4 Å². The Balaban J connectivity index is 2.58. The van der Waals surface area contributed by atoms with Crippen LogP contribution in [0.5, 0.6) is 0 Å². The molecule has 1 aromatic heterocycles. The summed E-state index contributed by atoms with van der Waals surface area (Å²) in [6.45, 7) is 0. The molecule has 0 aliphatic rings. The van der Waals surface area contributed by atoms with E-state index in [4.69, 9.17) is 11.5 Å². The molecule has 1 aromatic rings. The lowest BCUT2D eigenvalue weighted by Gasteiger charge is -2.10. The Morgan fingerprint density at radius 1 is 1.50 bits per heavy atom. The van der Waals surface area contributed by atoms with Crippen LogP contribution < -0.4 is 11.5 Å². The summed E-state index contributed by atoms with van der Waals surface area (Å²) >= 11 is 0. The maximum atomic E-state index is 11.8. The van der Waals surface area contributed by atoms with Gasteiger partial charge in [0.1, 0.15) is 15.7 Å². The average molecular weight is 271 g/mol. The third-order valence-corrected chi connectivity index (χ3v) is 3.48. The summed E-state index contributed by atoms with van der Waals surface area (Å²) in [5.74, 6) is -0.0397. The Hall–Kier alpha value is -1.47. The zero-order chi connectivity index (χ0) is 13.8. The molecule has 0 radical (unpaired) electrons. The first-order valence-electron chi connectivity index (χ1n) is 5.45. The van der Waals surface area contributed by atoms with E-state index in [1.165, 1.54) is 6.20 Å². The molecule has 0 aliphatic heterocycles. The molecule has 0 amide bonds. The van der Waals surface area contributed by atoms with Gasteiger partial charge in [-0.15, -0.1) is 0 Å². The standard InChI is InChI=1S/C11H17N3O3S/c1-18(16,17)6-4-9(12)10(15)7-8-3-2-5-14-11(8)13/h2-3,5,9H,4,6-7,12H2,1H3,(H2,13,14). The van der Waals surface area contributed by atoms with Crippen LogP contribution in [0.4, 0.5) is 5.82 Å². The molecule has 0 aliphatic carbocycles. The van der Waals surface area contributed by atoms with Gasteiger partial charge in [-0.25, -0.2) is 13.4 Å². The number of Topliss-reactive ketones (excluding diaryl/α,β-unsaturated/α-hetero) is 1. The van der Waals surface area contributed by atoms with Crippen molar-refractivity contribution in [2.75, 3.05) is 17.7 Å². The van der Waals surface area contributed by atoms with E-state index in [1.807, 2.05) is 0 Å². The minimum absolute atomic E-state index is 0.0740. The quantitative estimate of drug-likeness (QED) is 0.723. The van der Waals surface area contributed by atoms with Crippen molar-refractivity contribution in [1.29, 1.82) is 0 Å². The zero-order valence-corrected chi connectivity index (χ0v) is 11.0. The average Bonchev–Trinajstić information content (AvgIpc) is 2.28. The number of nitrogens with two attached hydrogens (primary N) is 2. The molecule has 0 bridgehead atoms. The number of rotatable bonds is 6. The van der Waals surface area contributed by atoms with Gasteiger partial charge in [0.05, 0.1) is 11.8 Å². The first-order valence-corrected chi connectivity index (χ1v) is 7.51. The summed E-state index contributed by atoms with van der Waals surface area (Å²) in [7, 11) is -3.10. The number of carbonyl (C=O) groups excluding carboxylic acids is 1. The van der Waals surface area contributed by atoms with Crippen LogP contribution in [0.25, 0.3) is 0 Å². The monoisotopic (exact) mass is 271 g/mol.